The van der Waals surface area contributed by atoms with E-state index < -0.39 is 0 Å². The number of amides is 1. The Balaban J connectivity index is 3.37. The lowest BCUT2D eigenvalue weighted by atomic mass is 10.3. The van der Waals surface area contributed by atoms with Crippen molar-refractivity contribution in [3.05, 3.63) is 0 Å². The van der Waals surface area contributed by atoms with Crippen LogP contribution >= 0.6 is 0 Å². The van der Waals surface area contributed by atoms with Crippen molar-refractivity contribution in [1.29, 1.82) is 0 Å². The van der Waals surface area contributed by atoms with Crippen LogP contribution in [0, 0.1) is 0 Å². The minimum Gasteiger partial charge on any atom is -0.315 e. The number of hydrogen-bond donors (Lipinski definition) is 1. The fourth-order valence-corrected chi connectivity index (χ4v) is 0.890. The quantitative estimate of drug-likeness (QED) is 0.495. The lowest BCUT2D eigenvalue weighted by Crippen LogP contribution is -2.28. The Bertz CT molecular complexity index is 149. The molecule has 0 atom stereocenters. The average molecular weight is 188 g/mol. The van der Waals surface area contributed by atoms with Crippen LogP contribution < -0.4 is 5.32 Å². The third kappa shape index (κ3) is 6.54. The first-order valence-corrected chi connectivity index (χ1v) is 4.62. The molecular weight excluding hydrogens is 168 g/mol. The van der Waals surface area contributed by atoms with Gasteiger partial charge in [0.25, 0.3) is 0 Å². The van der Waals surface area contributed by atoms with Gasteiger partial charge in [-0.15, -0.1) is 0 Å². The number of carbonyl (C=O) groups is 1. The van der Waals surface area contributed by atoms with E-state index in [-0.39, 0.29) is 5.91 Å². The van der Waals surface area contributed by atoms with Gasteiger partial charge in [0.1, 0.15) is 0 Å². The van der Waals surface area contributed by atoms with E-state index in [9.17, 15) is 4.79 Å². The van der Waals surface area contributed by atoms with Crippen LogP contribution in [0.15, 0.2) is 0 Å². The molecule has 0 aliphatic carbocycles. The van der Waals surface area contributed by atoms with Gasteiger partial charge in [0, 0.05) is 19.5 Å². The molecule has 0 fully saturated rings. The molecule has 0 aromatic carbocycles. The molecule has 0 bridgehead atoms. The Kier molecular flexibility index (Phi) is 6.54. The summed E-state index contributed by atoms with van der Waals surface area (Å²) in [5.74, 6) is 0.0213. The van der Waals surface area contributed by atoms with Gasteiger partial charge in [-0.1, -0.05) is 13.8 Å². The van der Waals surface area contributed by atoms with Crippen molar-refractivity contribution in [2.45, 2.75) is 32.7 Å². The van der Waals surface area contributed by atoms with E-state index in [2.05, 4.69) is 19.2 Å². The third-order valence-electron chi connectivity index (χ3n) is 1.75. The highest BCUT2D eigenvalue weighted by molar-refractivity contribution is 5.74. The lowest BCUT2D eigenvalue weighted by Gasteiger charge is -2.13. The molecule has 0 saturated carbocycles. The molecule has 0 saturated heterocycles. The molecule has 0 unspecified atom stereocenters. The molecule has 0 aromatic heterocycles. The summed E-state index contributed by atoms with van der Waals surface area (Å²) in [4.78, 5) is 15.9. The molecule has 0 aromatic rings. The van der Waals surface area contributed by atoms with Crippen molar-refractivity contribution in [3.8, 4) is 0 Å². The summed E-state index contributed by atoms with van der Waals surface area (Å²) >= 11 is 0. The van der Waals surface area contributed by atoms with Crippen LogP contribution in [-0.4, -0.2) is 37.7 Å². The molecule has 4 heteroatoms. The number of carbonyl (C=O) groups excluding carboxylic acids is 1. The lowest BCUT2D eigenvalue weighted by molar-refractivity contribution is -0.168. The van der Waals surface area contributed by atoms with E-state index in [1.165, 1.54) is 12.2 Å². The molecule has 0 radical (unpaired) electrons. The van der Waals surface area contributed by atoms with Gasteiger partial charge in [0.05, 0.1) is 7.11 Å². The molecule has 0 aliphatic rings. The predicted molar refractivity (Wildman–Crippen MR) is 52.2 cm³/mol. The van der Waals surface area contributed by atoms with Crippen molar-refractivity contribution in [1.82, 2.24) is 10.4 Å². The molecule has 0 aliphatic heterocycles. The molecule has 0 spiro atoms. The summed E-state index contributed by atoms with van der Waals surface area (Å²) in [6.07, 6.45) is 1.38. The second kappa shape index (κ2) is 6.86. The van der Waals surface area contributed by atoms with E-state index in [4.69, 9.17) is 4.84 Å². The molecule has 0 heterocycles. The first kappa shape index (κ1) is 12.4. The minimum absolute atomic E-state index is 0.0213. The van der Waals surface area contributed by atoms with Gasteiger partial charge < -0.3 is 5.32 Å². The standard InChI is InChI=1S/C9H20N2O2/c1-8(2)10-7-5-6-9(12)11(3)13-4/h8,10H,5-7H2,1-4H3. The van der Waals surface area contributed by atoms with Crippen molar-refractivity contribution in [2.75, 3.05) is 20.7 Å². The molecule has 78 valence electrons. The summed E-state index contributed by atoms with van der Waals surface area (Å²) in [7, 11) is 3.11. The van der Waals surface area contributed by atoms with Gasteiger partial charge in [-0.2, -0.15) is 0 Å². The second-order valence-electron chi connectivity index (χ2n) is 3.29. The molecule has 4 nitrogen and oxygen atoms in total. The highest BCUT2D eigenvalue weighted by Crippen LogP contribution is 1.94. The van der Waals surface area contributed by atoms with Crippen LogP contribution in [0.25, 0.3) is 0 Å². The minimum atomic E-state index is 0.0213. The number of nitrogens with zero attached hydrogens (tertiary/aromatic N) is 1. The second-order valence-corrected chi connectivity index (χ2v) is 3.29. The maximum absolute atomic E-state index is 11.2. The summed E-state index contributed by atoms with van der Waals surface area (Å²) in [5, 5.41) is 4.51. The Hall–Kier alpha value is -0.610. The number of nitrogens with one attached hydrogen (secondary N) is 1. The Morgan fingerprint density at radius 2 is 2.15 bits per heavy atom. The number of rotatable bonds is 6. The maximum atomic E-state index is 11.2. The van der Waals surface area contributed by atoms with E-state index >= 15 is 0 Å². The van der Waals surface area contributed by atoms with Crippen LogP contribution in [0.5, 0.6) is 0 Å². The normalized spacial score (nSPS) is 10.5. The first-order valence-electron chi connectivity index (χ1n) is 4.62. The van der Waals surface area contributed by atoms with Crippen molar-refractivity contribution in [3.63, 3.8) is 0 Å². The fourth-order valence-electron chi connectivity index (χ4n) is 0.890. The SMILES string of the molecule is CON(C)C(=O)CCCNC(C)C. The highest BCUT2D eigenvalue weighted by atomic mass is 16.7. The Morgan fingerprint density at radius 3 is 2.62 bits per heavy atom. The third-order valence-corrected chi connectivity index (χ3v) is 1.75. The van der Waals surface area contributed by atoms with Gasteiger partial charge in [0.15, 0.2) is 0 Å². The van der Waals surface area contributed by atoms with Crippen LogP contribution in [0.4, 0.5) is 0 Å². The fraction of sp³-hybridized carbons (Fsp3) is 0.889. The Labute approximate surface area is 80.2 Å². The largest absolute Gasteiger partial charge is 0.315 e. The summed E-state index contributed by atoms with van der Waals surface area (Å²) in [5.41, 5.74) is 0. The summed E-state index contributed by atoms with van der Waals surface area (Å²) < 4.78 is 0. The monoisotopic (exact) mass is 188 g/mol. The molecule has 0 rings (SSSR count). The van der Waals surface area contributed by atoms with Crippen molar-refractivity contribution in [2.24, 2.45) is 0 Å². The van der Waals surface area contributed by atoms with E-state index in [1.54, 1.807) is 7.05 Å². The first-order chi connectivity index (χ1) is 6.07. The zero-order chi connectivity index (χ0) is 10.3. The molecule has 1 amide bonds. The molecular formula is C9H20N2O2. The van der Waals surface area contributed by atoms with Crippen LogP contribution in [0.3, 0.4) is 0 Å². The maximum Gasteiger partial charge on any atom is 0.245 e. The summed E-state index contributed by atoms with van der Waals surface area (Å²) in [6.45, 7) is 5.05. The van der Waals surface area contributed by atoms with Gasteiger partial charge in [0.2, 0.25) is 5.91 Å². The zero-order valence-corrected chi connectivity index (χ0v) is 8.96. The average Bonchev–Trinajstić information content (AvgIpc) is 2.10. The predicted octanol–water partition coefficient (Wildman–Crippen LogP) is 0.784. The van der Waals surface area contributed by atoms with Crippen LogP contribution in [-0.2, 0) is 9.63 Å². The van der Waals surface area contributed by atoms with E-state index in [0.29, 0.717) is 12.5 Å². The topological polar surface area (TPSA) is 41.6 Å². The Morgan fingerprint density at radius 1 is 1.54 bits per heavy atom. The van der Waals surface area contributed by atoms with Crippen LogP contribution in [0.2, 0.25) is 0 Å². The number of hydrogen-bond acceptors (Lipinski definition) is 3. The molecule has 1 N–H and O–H groups in total. The van der Waals surface area contributed by atoms with E-state index in [1.807, 2.05) is 0 Å². The smallest absolute Gasteiger partial charge is 0.245 e. The molecule has 13 heavy (non-hydrogen) atoms. The van der Waals surface area contributed by atoms with Gasteiger partial charge in [-0.05, 0) is 13.0 Å². The van der Waals surface area contributed by atoms with Gasteiger partial charge in [-0.25, -0.2) is 5.06 Å². The number of hydroxylamine groups is 2. The van der Waals surface area contributed by atoms with Crippen molar-refractivity contribution < 1.29 is 9.63 Å². The summed E-state index contributed by atoms with van der Waals surface area (Å²) in [6, 6.07) is 0.482. The van der Waals surface area contributed by atoms with Gasteiger partial charge in [-0.3, -0.25) is 9.63 Å². The highest BCUT2D eigenvalue weighted by Gasteiger charge is 2.06. The van der Waals surface area contributed by atoms with Crippen LogP contribution in [0.1, 0.15) is 26.7 Å². The van der Waals surface area contributed by atoms with E-state index in [0.717, 1.165) is 13.0 Å². The van der Waals surface area contributed by atoms with Gasteiger partial charge >= 0.3 is 0 Å². The van der Waals surface area contributed by atoms with Crippen molar-refractivity contribution >= 4 is 5.91 Å². The zero-order valence-electron chi connectivity index (χ0n) is 8.96.